The first kappa shape index (κ1) is 14.0. The van der Waals surface area contributed by atoms with Crippen molar-refractivity contribution in [2.45, 2.75) is 72.1 Å². The Morgan fingerprint density at radius 1 is 0.857 bits per heavy atom. The van der Waals surface area contributed by atoms with E-state index in [2.05, 4.69) is 27.7 Å². The number of hydrogen-bond acceptors (Lipinski definition) is 0. The monoisotopic (exact) mass is 197 g/mol. The van der Waals surface area contributed by atoms with E-state index in [1.807, 2.05) is 0 Å². The van der Waals surface area contributed by atoms with Gasteiger partial charge in [-0.05, 0) is 11.8 Å². The van der Waals surface area contributed by atoms with Gasteiger partial charge < -0.3 is 0 Å². The summed E-state index contributed by atoms with van der Waals surface area (Å²) in [6, 6.07) is 0. The normalized spacial score (nSPS) is 15.4. The molecule has 0 saturated heterocycles. The van der Waals surface area contributed by atoms with Crippen LogP contribution in [-0.2, 0) is 0 Å². The molecule has 0 aromatic carbocycles. The highest BCUT2D eigenvalue weighted by Crippen LogP contribution is 2.21. The van der Waals surface area contributed by atoms with Crippen LogP contribution in [0.2, 0.25) is 0 Å². The van der Waals surface area contributed by atoms with Crippen LogP contribution in [0.15, 0.2) is 0 Å². The Morgan fingerprint density at radius 2 is 1.50 bits per heavy atom. The summed E-state index contributed by atoms with van der Waals surface area (Å²) in [5.41, 5.74) is 0. The molecule has 0 aromatic rings. The fraction of sp³-hybridized carbons (Fsp3) is 0.929. The Balaban J connectivity index is 3.42. The molecule has 0 fully saturated rings. The van der Waals surface area contributed by atoms with Crippen molar-refractivity contribution < 1.29 is 0 Å². The Labute approximate surface area is 91.5 Å². The summed E-state index contributed by atoms with van der Waals surface area (Å²) < 4.78 is 0. The molecule has 0 amide bonds. The zero-order valence-corrected chi connectivity index (χ0v) is 10.5. The molecule has 14 heavy (non-hydrogen) atoms. The molecule has 0 aromatic heterocycles. The molecule has 0 aliphatic heterocycles. The molecular weight excluding hydrogens is 168 g/mol. The van der Waals surface area contributed by atoms with Crippen LogP contribution < -0.4 is 0 Å². The summed E-state index contributed by atoms with van der Waals surface area (Å²) in [5.74, 6) is 1.68. The van der Waals surface area contributed by atoms with Crippen molar-refractivity contribution in [2.24, 2.45) is 11.8 Å². The molecular formula is C14H29. The van der Waals surface area contributed by atoms with Gasteiger partial charge in [0.15, 0.2) is 0 Å². The molecule has 2 atom stereocenters. The number of unbranched alkanes of at least 4 members (excludes halogenated alkanes) is 1. The van der Waals surface area contributed by atoms with E-state index in [1.165, 1.54) is 51.4 Å². The van der Waals surface area contributed by atoms with Gasteiger partial charge in [0.1, 0.15) is 0 Å². The molecule has 0 spiro atoms. The second-order valence-electron chi connectivity index (χ2n) is 4.62. The Bertz CT molecular complexity index is 107. The van der Waals surface area contributed by atoms with Crippen molar-refractivity contribution in [3.63, 3.8) is 0 Å². The van der Waals surface area contributed by atoms with Crippen molar-refractivity contribution in [1.82, 2.24) is 0 Å². The van der Waals surface area contributed by atoms with Crippen LogP contribution in [0.3, 0.4) is 0 Å². The van der Waals surface area contributed by atoms with E-state index < -0.39 is 0 Å². The summed E-state index contributed by atoms with van der Waals surface area (Å²) in [5, 5.41) is 0. The Kier molecular flexibility index (Phi) is 9.55. The molecule has 0 rings (SSSR count). The Hall–Kier alpha value is 0. The average molecular weight is 197 g/mol. The van der Waals surface area contributed by atoms with Crippen LogP contribution in [0.1, 0.15) is 72.1 Å². The van der Waals surface area contributed by atoms with Crippen molar-refractivity contribution in [1.29, 1.82) is 0 Å². The maximum atomic E-state index is 4.14. The van der Waals surface area contributed by atoms with Gasteiger partial charge in [0, 0.05) is 0 Å². The largest absolute Gasteiger partial charge is 0.0654 e. The summed E-state index contributed by atoms with van der Waals surface area (Å²) >= 11 is 0. The Morgan fingerprint density at radius 3 is 2.00 bits per heavy atom. The van der Waals surface area contributed by atoms with E-state index >= 15 is 0 Å². The summed E-state index contributed by atoms with van der Waals surface area (Å²) in [6.45, 7) is 11.0. The molecule has 0 nitrogen and oxygen atoms in total. The third kappa shape index (κ3) is 7.41. The SMILES string of the molecule is [CH2]C(CC)CCCC(CC)CCCC. The van der Waals surface area contributed by atoms with Gasteiger partial charge in [-0.15, -0.1) is 0 Å². The van der Waals surface area contributed by atoms with Crippen LogP contribution in [0.4, 0.5) is 0 Å². The van der Waals surface area contributed by atoms with Crippen molar-refractivity contribution in [3.05, 3.63) is 6.92 Å². The second kappa shape index (κ2) is 9.55. The lowest BCUT2D eigenvalue weighted by molar-refractivity contribution is 0.388. The molecule has 0 N–H and O–H groups in total. The van der Waals surface area contributed by atoms with E-state index in [0.29, 0.717) is 5.92 Å². The predicted octanol–water partition coefficient (Wildman–Crippen LogP) is 5.23. The molecule has 0 saturated carbocycles. The van der Waals surface area contributed by atoms with Gasteiger partial charge >= 0.3 is 0 Å². The van der Waals surface area contributed by atoms with Crippen molar-refractivity contribution >= 4 is 0 Å². The van der Waals surface area contributed by atoms with E-state index in [1.54, 1.807) is 0 Å². The quantitative estimate of drug-likeness (QED) is 0.474. The lowest BCUT2D eigenvalue weighted by atomic mass is 9.91. The zero-order valence-electron chi connectivity index (χ0n) is 10.5. The standard InChI is InChI=1S/C14H29/c1-5-8-11-14(7-3)12-9-10-13(4)6-2/h13-14H,4-12H2,1-3H3. The van der Waals surface area contributed by atoms with Gasteiger partial charge in [-0.25, -0.2) is 0 Å². The molecule has 0 heterocycles. The van der Waals surface area contributed by atoms with Gasteiger partial charge in [-0.1, -0.05) is 79.1 Å². The molecule has 0 aliphatic carbocycles. The highest BCUT2D eigenvalue weighted by molar-refractivity contribution is 4.62. The highest BCUT2D eigenvalue weighted by Gasteiger charge is 2.06. The summed E-state index contributed by atoms with van der Waals surface area (Å²) in [7, 11) is 0. The van der Waals surface area contributed by atoms with Gasteiger partial charge in [0.05, 0.1) is 0 Å². The van der Waals surface area contributed by atoms with Crippen LogP contribution in [-0.4, -0.2) is 0 Å². The van der Waals surface area contributed by atoms with Crippen LogP contribution >= 0.6 is 0 Å². The molecule has 0 bridgehead atoms. The minimum Gasteiger partial charge on any atom is -0.0654 e. The third-order valence-corrected chi connectivity index (χ3v) is 3.35. The lowest BCUT2D eigenvalue weighted by Crippen LogP contribution is -2.01. The van der Waals surface area contributed by atoms with Crippen molar-refractivity contribution in [3.8, 4) is 0 Å². The molecule has 0 heteroatoms. The molecule has 1 radical (unpaired) electrons. The van der Waals surface area contributed by atoms with Crippen LogP contribution in [0, 0.1) is 18.8 Å². The second-order valence-corrected chi connectivity index (χ2v) is 4.62. The smallest absolute Gasteiger partial charge is 0.0417 e. The van der Waals surface area contributed by atoms with Crippen LogP contribution in [0.5, 0.6) is 0 Å². The lowest BCUT2D eigenvalue weighted by Gasteiger charge is -2.15. The topological polar surface area (TPSA) is 0 Å². The average Bonchev–Trinajstić information content (AvgIpc) is 2.22. The van der Waals surface area contributed by atoms with E-state index in [0.717, 1.165) is 5.92 Å². The minimum absolute atomic E-state index is 0.693. The van der Waals surface area contributed by atoms with E-state index in [-0.39, 0.29) is 0 Å². The number of rotatable bonds is 9. The molecule has 2 unspecified atom stereocenters. The first-order valence-corrected chi connectivity index (χ1v) is 6.57. The van der Waals surface area contributed by atoms with Gasteiger partial charge in [-0.2, -0.15) is 0 Å². The maximum absolute atomic E-state index is 4.14. The fourth-order valence-corrected chi connectivity index (χ4v) is 1.94. The summed E-state index contributed by atoms with van der Waals surface area (Å²) in [4.78, 5) is 0. The number of hydrogen-bond donors (Lipinski definition) is 0. The zero-order chi connectivity index (χ0) is 10.8. The first-order chi connectivity index (χ1) is 6.74. The third-order valence-electron chi connectivity index (χ3n) is 3.35. The van der Waals surface area contributed by atoms with Gasteiger partial charge in [0.2, 0.25) is 0 Å². The van der Waals surface area contributed by atoms with Gasteiger partial charge in [-0.3, -0.25) is 0 Å². The molecule has 0 aliphatic rings. The van der Waals surface area contributed by atoms with Crippen molar-refractivity contribution in [2.75, 3.05) is 0 Å². The first-order valence-electron chi connectivity index (χ1n) is 6.57. The molecule has 85 valence electrons. The maximum Gasteiger partial charge on any atom is -0.0417 e. The van der Waals surface area contributed by atoms with E-state index in [9.17, 15) is 0 Å². The predicted molar refractivity (Wildman–Crippen MR) is 66.3 cm³/mol. The highest BCUT2D eigenvalue weighted by atomic mass is 14.1. The summed E-state index contributed by atoms with van der Waals surface area (Å²) in [6.07, 6.45) is 11.0. The fourth-order valence-electron chi connectivity index (χ4n) is 1.94. The minimum atomic E-state index is 0.693. The van der Waals surface area contributed by atoms with Gasteiger partial charge in [0.25, 0.3) is 0 Å². The van der Waals surface area contributed by atoms with Crippen LogP contribution in [0.25, 0.3) is 0 Å². The van der Waals surface area contributed by atoms with E-state index in [4.69, 9.17) is 0 Å².